The number of hydrogen-bond donors (Lipinski definition) is 5. The lowest BCUT2D eigenvalue weighted by Gasteiger charge is -2.36. The molecule has 0 bridgehead atoms. The average Bonchev–Trinajstić information content (AvgIpc) is 1.58. The molecular weight excluding hydrogens is 1180 g/mol. The van der Waals surface area contributed by atoms with Crippen molar-refractivity contribution in [3.63, 3.8) is 0 Å². The monoisotopic (exact) mass is 1240 g/mol. The third kappa shape index (κ3) is 13.6. The van der Waals surface area contributed by atoms with E-state index in [-0.39, 0.29) is 69.4 Å². The summed E-state index contributed by atoms with van der Waals surface area (Å²) >= 11 is 12.3. The molecule has 4 atom stereocenters. The Labute approximate surface area is 533 Å². The summed E-state index contributed by atoms with van der Waals surface area (Å²) in [7, 11) is 0. The van der Waals surface area contributed by atoms with Gasteiger partial charge >= 0.3 is 12.2 Å². The molecule has 0 radical (unpaired) electrons. The Kier molecular flexibility index (Phi) is 19.4. The molecule has 5 N–H and O–H groups in total. The summed E-state index contributed by atoms with van der Waals surface area (Å²) < 4.78 is 11.9. The Bertz CT molecular complexity index is 3680. The van der Waals surface area contributed by atoms with Crippen molar-refractivity contribution >= 4 is 70.4 Å². The van der Waals surface area contributed by atoms with Crippen LogP contribution in [0.3, 0.4) is 0 Å². The molecule has 12 rings (SSSR count). The van der Waals surface area contributed by atoms with Crippen LogP contribution in [0.25, 0.3) is 22.3 Å². The van der Waals surface area contributed by atoms with Gasteiger partial charge in [-0.2, -0.15) is 0 Å². The second-order valence-electron chi connectivity index (χ2n) is 23.2. The Balaban J connectivity index is 0.000000185. The minimum Gasteiger partial charge on any atom is -0.448 e. The maximum atomic E-state index is 13.9. The number of carbonyl (C=O) groups is 6. The van der Waals surface area contributed by atoms with Crippen molar-refractivity contribution < 1.29 is 43.3 Å². The van der Waals surface area contributed by atoms with Crippen LogP contribution in [-0.2, 0) is 54.6 Å². The second kappa shape index (κ2) is 28.0. The number of aliphatic hydroxyl groups is 1. The van der Waals surface area contributed by atoms with Crippen molar-refractivity contribution in [3.8, 4) is 22.3 Å². The highest BCUT2D eigenvalue weighted by molar-refractivity contribution is 6.31. The lowest BCUT2D eigenvalue weighted by Crippen LogP contribution is -2.56. The molecule has 8 aromatic rings. The molecule has 2 heterocycles. The van der Waals surface area contributed by atoms with Gasteiger partial charge in [-0.1, -0.05) is 182 Å². The van der Waals surface area contributed by atoms with Crippen molar-refractivity contribution in [1.29, 1.82) is 0 Å². The largest absolute Gasteiger partial charge is 0.448 e. The van der Waals surface area contributed by atoms with Crippen LogP contribution >= 0.6 is 23.2 Å². The van der Waals surface area contributed by atoms with Gasteiger partial charge in [-0.05, 0) is 141 Å². The second-order valence-corrected chi connectivity index (χ2v) is 24.0. The molecule has 4 aliphatic rings. The minimum atomic E-state index is -1.03. The van der Waals surface area contributed by atoms with Crippen LogP contribution in [0.15, 0.2) is 182 Å². The molecule has 15 nitrogen and oxygen atoms in total. The third-order valence-corrected chi connectivity index (χ3v) is 18.2. The lowest BCUT2D eigenvalue weighted by atomic mass is 9.93. The Morgan fingerprint density at radius 1 is 0.489 bits per heavy atom. The zero-order chi connectivity index (χ0) is 63.0. The van der Waals surface area contributed by atoms with Crippen LogP contribution in [-0.4, -0.2) is 94.7 Å². The Hall–Kier alpha value is -9.28. The highest BCUT2D eigenvalue weighted by atomic mass is 35.5. The topological polar surface area (TPSA) is 196 Å². The van der Waals surface area contributed by atoms with Gasteiger partial charge in [0.25, 0.3) is 0 Å². The fourth-order valence-corrected chi connectivity index (χ4v) is 12.9. The predicted molar refractivity (Wildman–Crippen MR) is 349 cm³/mol. The Morgan fingerprint density at radius 2 is 0.833 bits per heavy atom. The lowest BCUT2D eigenvalue weighted by molar-refractivity contribution is -0.130. The number of nitrogens with zero attached hydrogens (tertiary/aromatic N) is 2. The molecule has 460 valence electrons. The number of anilines is 2. The summed E-state index contributed by atoms with van der Waals surface area (Å²) in [5.41, 5.74) is 15.6. The first kappa shape index (κ1) is 62.3. The number of aryl methyl sites for hydroxylation is 2. The molecule has 90 heavy (non-hydrogen) atoms. The van der Waals surface area contributed by atoms with E-state index in [0.29, 0.717) is 40.7 Å². The summed E-state index contributed by atoms with van der Waals surface area (Å²) in [5, 5.41) is 22.3. The highest BCUT2D eigenvalue weighted by Crippen LogP contribution is 2.46. The van der Waals surface area contributed by atoms with Crippen molar-refractivity contribution in [3.05, 3.63) is 248 Å². The van der Waals surface area contributed by atoms with Gasteiger partial charge in [-0.25, -0.2) is 9.59 Å². The summed E-state index contributed by atoms with van der Waals surface area (Å²) in [6.07, 6.45) is 0.545. The molecular formula is C73H70Cl2N6O9. The molecule has 0 saturated heterocycles. The maximum Gasteiger partial charge on any atom is 0.410 e. The van der Waals surface area contributed by atoms with Crippen LogP contribution in [0, 0.1) is 13.8 Å². The van der Waals surface area contributed by atoms with Crippen LogP contribution in [0.1, 0.15) is 93.7 Å². The minimum absolute atomic E-state index is 0.00159. The van der Waals surface area contributed by atoms with Gasteiger partial charge in [0, 0.05) is 52.7 Å². The van der Waals surface area contributed by atoms with E-state index in [4.69, 9.17) is 32.7 Å². The normalized spacial score (nSPS) is 15.8. The zero-order valence-electron chi connectivity index (χ0n) is 50.2. The van der Waals surface area contributed by atoms with Crippen LogP contribution in [0.2, 0.25) is 10.0 Å². The summed E-state index contributed by atoms with van der Waals surface area (Å²) in [6, 6.07) is 54.8. The van der Waals surface area contributed by atoms with Crippen molar-refractivity contribution in [2.24, 2.45) is 0 Å². The quantitative estimate of drug-likeness (QED) is 0.0625. The number of amides is 6. The van der Waals surface area contributed by atoms with Crippen molar-refractivity contribution in [2.75, 3.05) is 30.5 Å². The number of carbonyl (C=O) groups excluding carboxylic acids is 6. The van der Waals surface area contributed by atoms with Gasteiger partial charge in [-0.15, -0.1) is 0 Å². The fourth-order valence-electron chi connectivity index (χ4n) is 12.6. The van der Waals surface area contributed by atoms with Gasteiger partial charge < -0.3 is 35.8 Å². The summed E-state index contributed by atoms with van der Waals surface area (Å²) in [4.78, 5) is 84.7. The molecule has 0 fully saturated rings. The number of ether oxygens (including phenoxy) is 2. The first-order chi connectivity index (χ1) is 43.7. The van der Waals surface area contributed by atoms with E-state index >= 15 is 0 Å². The van der Waals surface area contributed by atoms with E-state index in [9.17, 15) is 33.9 Å². The van der Waals surface area contributed by atoms with E-state index in [2.05, 4.69) is 69.8 Å². The fraction of sp³-hybridized carbons (Fsp3) is 0.260. The summed E-state index contributed by atoms with van der Waals surface area (Å²) in [5.74, 6) is -1.92. The van der Waals surface area contributed by atoms with E-state index in [1.54, 1.807) is 36.4 Å². The predicted octanol–water partition coefficient (Wildman–Crippen LogP) is 13.1. The molecule has 0 unspecified atom stereocenters. The molecule has 6 amide bonds. The number of halogens is 2. The molecule has 0 saturated carbocycles. The summed E-state index contributed by atoms with van der Waals surface area (Å²) in [6.45, 7) is 6.02. The van der Waals surface area contributed by atoms with Gasteiger partial charge in [0.1, 0.15) is 37.4 Å². The molecule has 17 heteroatoms. The molecule has 2 aliphatic carbocycles. The van der Waals surface area contributed by atoms with Crippen LogP contribution < -0.4 is 21.3 Å². The SMILES string of the molecule is CCC[C@H](NC(=O)[C@@H]1Cc2ccccc2CN1C(=O)OCC1c2ccccc2-c2ccccc21)C(=O)Nc1ccc(Cl)c(C)c1.Cc1cc(NC(=O)[C@H](CCO)NC(=O)[C@@H]2Cc3ccccc3CN2C(=O)OCC2c3ccccc3-c3ccccc32)ccc1Cl. The Morgan fingerprint density at radius 3 is 1.19 bits per heavy atom. The van der Waals surface area contributed by atoms with E-state index in [0.717, 1.165) is 77.9 Å². The highest BCUT2D eigenvalue weighted by Gasteiger charge is 2.41. The van der Waals surface area contributed by atoms with E-state index < -0.39 is 48.2 Å². The van der Waals surface area contributed by atoms with Crippen molar-refractivity contribution in [1.82, 2.24) is 20.4 Å². The maximum absolute atomic E-state index is 13.9. The van der Waals surface area contributed by atoms with Crippen molar-refractivity contribution in [2.45, 2.75) is 102 Å². The van der Waals surface area contributed by atoms with E-state index in [1.807, 2.05) is 118 Å². The van der Waals surface area contributed by atoms with Gasteiger partial charge in [0.05, 0.1) is 13.1 Å². The number of fused-ring (bicyclic) bond motifs is 8. The van der Waals surface area contributed by atoms with E-state index in [1.165, 1.54) is 9.80 Å². The number of hydrogen-bond acceptors (Lipinski definition) is 9. The first-order valence-corrected chi connectivity index (χ1v) is 31.2. The number of aliphatic hydroxyl groups excluding tert-OH is 1. The smallest absolute Gasteiger partial charge is 0.410 e. The molecule has 8 aromatic carbocycles. The number of nitrogens with one attached hydrogen (secondary N) is 4. The van der Waals surface area contributed by atoms with Gasteiger partial charge in [0.2, 0.25) is 23.6 Å². The number of rotatable bonds is 16. The zero-order valence-corrected chi connectivity index (χ0v) is 51.7. The van der Waals surface area contributed by atoms with Crippen LogP contribution in [0.4, 0.5) is 21.0 Å². The molecule has 0 aromatic heterocycles. The average molecular weight is 1250 g/mol. The number of benzene rings is 8. The first-order valence-electron chi connectivity index (χ1n) is 30.4. The van der Waals surface area contributed by atoms with Crippen LogP contribution in [0.5, 0.6) is 0 Å². The molecule has 0 spiro atoms. The van der Waals surface area contributed by atoms with Gasteiger partial charge in [0.15, 0.2) is 0 Å². The molecule has 2 aliphatic heterocycles. The third-order valence-electron chi connectivity index (χ3n) is 17.4. The van der Waals surface area contributed by atoms with Gasteiger partial charge in [-0.3, -0.25) is 29.0 Å². The standard InChI is InChI=1S/C37H36ClN3O4.C36H34ClN3O5/c1-3-10-33(35(42)39-26-17-18-32(38)23(2)19-26)40-36(43)34-20-24-11-4-5-12-25(24)21-41(34)37(44)45-22-31-29-15-8-6-13-27(29)28-14-7-9-16-30(28)31;1-22-18-25(14-15-31(22)37)38-34(42)32(16-17-41)39-35(43)33-19-23-8-2-3-9-24(23)20-40(33)36(44)45-21-30-28-12-6-4-10-26(28)27-11-5-7-13-29(27)30/h4-9,11-19,31,33-34H,3,10,20-22H2,1-2H3,(H,39,42)(H,40,43);2-15,18,30,32-33,41H,16-17,19-21H2,1H3,(H,38,42)(H,39,43)/t33-,34-;32-,33-/m00/s1.